The van der Waals surface area contributed by atoms with E-state index in [1.54, 1.807) is 0 Å². The summed E-state index contributed by atoms with van der Waals surface area (Å²) in [7, 11) is 2.17. The van der Waals surface area contributed by atoms with Crippen LogP contribution in [0, 0.1) is 0 Å². The van der Waals surface area contributed by atoms with Crippen LogP contribution in [-0.2, 0) is 10.2 Å². The lowest BCUT2D eigenvalue weighted by atomic mass is 9.77. The van der Waals surface area contributed by atoms with Crippen molar-refractivity contribution in [3.8, 4) is 0 Å². The number of hydrogen-bond acceptors (Lipinski definition) is 3. The van der Waals surface area contributed by atoms with Crippen molar-refractivity contribution in [3.63, 3.8) is 0 Å². The van der Waals surface area contributed by atoms with Crippen molar-refractivity contribution in [2.24, 2.45) is 0 Å². The third kappa shape index (κ3) is 4.08. The van der Waals surface area contributed by atoms with Gasteiger partial charge in [0.25, 0.3) is 0 Å². The van der Waals surface area contributed by atoms with Crippen LogP contribution in [0.25, 0.3) is 11.6 Å². The summed E-state index contributed by atoms with van der Waals surface area (Å²) in [5.74, 6) is -0.272. The third-order valence-corrected chi connectivity index (χ3v) is 5.47. The Morgan fingerprint density at radius 2 is 1.81 bits per heavy atom. The van der Waals surface area contributed by atoms with Gasteiger partial charge >= 0.3 is 5.97 Å². The number of fused-ring (bicyclic) bond motifs is 1. The number of nitrogens with zero attached hydrogens (tertiary/aromatic N) is 1. The van der Waals surface area contributed by atoms with E-state index in [1.165, 1.54) is 22.4 Å². The molecule has 0 radical (unpaired) electrons. The molecule has 142 valence electrons. The first kappa shape index (κ1) is 19.2. The van der Waals surface area contributed by atoms with Crippen LogP contribution in [0.1, 0.15) is 61.2 Å². The molecule has 0 aromatic heterocycles. The quantitative estimate of drug-likeness (QED) is 0.527. The van der Waals surface area contributed by atoms with Crippen molar-refractivity contribution in [3.05, 3.63) is 64.7 Å². The highest BCUT2D eigenvalue weighted by atomic mass is 16.5. The Kier molecular flexibility index (Phi) is 5.41. The molecule has 3 rings (SSSR count). The largest absolute Gasteiger partial charge is 0.462 e. The molecule has 27 heavy (non-hydrogen) atoms. The number of ether oxygens (including phenoxy) is 1. The number of carbonyl (C=O) groups excluding carboxylic acids is 1. The minimum Gasteiger partial charge on any atom is -0.462 e. The monoisotopic (exact) mass is 363 g/mol. The van der Waals surface area contributed by atoms with Crippen LogP contribution in [0.4, 0.5) is 5.69 Å². The fourth-order valence-corrected chi connectivity index (χ4v) is 3.62. The molecule has 0 aliphatic carbocycles. The van der Waals surface area contributed by atoms with Gasteiger partial charge in [0.15, 0.2) is 0 Å². The van der Waals surface area contributed by atoms with Gasteiger partial charge in [-0.25, -0.2) is 4.79 Å². The van der Waals surface area contributed by atoms with E-state index in [2.05, 4.69) is 57.0 Å². The zero-order valence-corrected chi connectivity index (χ0v) is 17.0. The molecule has 0 saturated heterocycles. The van der Waals surface area contributed by atoms with Gasteiger partial charge in [0.05, 0.1) is 12.2 Å². The van der Waals surface area contributed by atoms with Crippen molar-refractivity contribution < 1.29 is 9.53 Å². The van der Waals surface area contributed by atoms with E-state index in [-0.39, 0.29) is 11.4 Å². The van der Waals surface area contributed by atoms with Gasteiger partial charge in [0, 0.05) is 19.3 Å². The molecule has 0 amide bonds. The lowest BCUT2D eigenvalue weighted by molar-refractivity contribution is 0.0526. The van der Waals surface area contributed by atoms with Gasteiger partial charge in [0.2, 0.25) is 0 Å². The Hall–Kier alpha value is -2.55. The summed E-state index contributed by atoms with van der Waals surface area (Å²) in [5, 5.41) is 0. The zero-order chi connectivity index (χ0) is 19.6. The van der Waals surface area contributed by atoms with Gasteiger partial charge in [-0.1, -0.05) is 38.1 Å². The maximum absolute atomic E-state index is 11.8. The first-order valence-corrected chi connectivity index (χ1v) is 9.63. The molecule has 0 fully saturated rings. The second-order valence-corrected chi connectivity index (χ2v) is 7.96. The Morgan fingerprint density at radius 3 is 2.48 bits per heavy atom. The number of allylic oxidation sites excluding steroid dienone is 1. The van der Waals surface area contributed by atoms with Crippen molar-refractivity contribution >= 4 is 23.3 Å². The molecule has 1 aliphatic rings. The van der Waals surface area contributed by atoms with Crippen LogP contribution >= 0.6 is 0 Å². The van der Waals surface area contributed by atoms with Gasteiger partial charge in [-0.15, -0.1) is 0 Å². The molecule has 1 aliphatic heterocycles. The van der Waals surface area contributed by atoms with Gasteiger partial charge in [0.1, 0.15) is 0 Å². The van der Waals surface area contributed by atoms with E-state index in [1.807, 2.05) is 31.2 Å². The first-order chi connectivity index (χ1) is 12.8. The summed E-state index contributed by atoms with van der Waals surface area (Å²) < 4.78 is 5.04. The summed E-state index contributed by atoms with van der Waals surface area (Å²) in [6.45, 7) is 10.1. The Bertz CT molecular complexity index is 862. The lowest BCUT2D eigenvalue weighted by Crippen LogP contribution is -2.34. The summed E-state index contributed by atoms with van der Waals surface area (Å²) >= 11 is 0. The van der Waals surface area contributed by atoms with Gasteiger partial charge < -0.3 is 9.64 Å². The third-order valence-electron chi connectivity index (χ3n) is 5.47. The van der Waals surface area contributed by atoms with E-state index >= 15 is 0 Å². The predicted octanol–water partition coefficient (Wildman–Crippen LogP) is 5.54. The highest BCUT2D eigenvalue weighted by molar-refractivity contribution is 5.90. The van der Waals surface area contributed by atoms with Crippen molar-refractivity contribution in [1.29, 1.82) is 0 Å². The highest BCUT2D eigenvalue weighted by Crippen LogP contribution is 2.40. The lowest BCUT2D eigenvalue weighted by Gasteiger charge is -2.38. The number of rotatable bonds is 4. The van der Waals surface area contributed by atoms with Crippen LogP contribution in [0.5, 0.6) is 0 Å². The molecule has 1 heterocycles. The molecular weight excluding hydrogens is 334 g/mol. The number of esters is 1. The number of hydrogen-bond donors (Lipinski definition) is 0. The number of carbonyl (C=O) groups is 1. The Labute approximate surface area is 162 Å². The number of anilines is 1. The molecule has 0 saturated carbocycles. The Balaban J connectivity index is 1.87. The highest BCUT2D eigenvalue weighted by Gasteiger charge is 2.29. The fourth-order valence-electron chi connectivity index (χ4n) is 3.62. The standard InChI is InChI=1S/C24H29NO2/c1-6-27-23(26)19-9-7-18(8-10-19)15-17(2)20-11-12-22-21(16-20)24(3,4)13-14-25(22)5/h7-12,15-16H,6,13-14H2,1-5H3. The van der Waals surface area contributed by atoms with E-state index in [9.17, 15) is 4.79 Å². The minimum absolute atomic E-state index is 0.194. The predicted molar refractivity (Wildman–Crippen MR) is 113 cm³/mol. The molecule has 0 N–H and O–H groups in total. The molecule has 0 spiro atoms. The van der Waals surface area contributed by atoms with Gasteiger partial charge in [-0.3, -0.25) is 0 Å². The summed E-state index contributed by atoms with van der Waals surface area (Å²) in [4.78, 5) is 14.1. The average molecular weight is 364 g/mol. The second kappa shape index (κ2) is 7.59. The fraction of sp³-hybridized carbons (Fsp3) is 0.375. The number of benzene rings is 2. The van der Waals surface area contributed by atoms with Crippen LogP contribution in [0.2, 0.25) is 0 Å². The van der Waals surface area contributed by atoms with Crippen LogP contribution in [0.3, 0.4) is 0 Å². The molecule has 0 atom stereocenters. The molecule has 3 nitrogen and oxygen atoms in total. The van der Waals surface area contributed by atoms with E-state index < -0.39 is 0 Å². The van der Waals surface area contributed by atoms with Crippen molar-refractivity contribution in [1.82, 2.24) is 0 Å². The molecule has 2 aromatic rings. The molecular formula is C24H29NO2. The van der Waals surface area contributed by atoms with Crippen LogP contribution in [0.15, 0.2) is 42.5 Å². The molecule has 0 bridgehead atoms. The topological polar surface area (TPSA) is 29.5 Å². The summed E-state index contributed by atoms with van der Waals surface area (Å²) in [6, 6.07) is 14.4. The smallest absolute Gasteiger partial charge is 0.338 e. The minimum atomic E-state index is -0.272. The molecule has 3 heteroatoms. The van der Waals surface area contributed by atoms with E-state index in [4.69, 9.17) is 4.74 Å². The average Bonchev–Trinajstić information content (AvgIpc) is 2.65. The van der Waals surface area contributed by atoms with E-state index in [0.29, 0.717) is 12.2 Å². The maximum atomic E-state index is 11.8. The summed E-state index contributed by atoms with van der Waals surface area (Å²) in [6.07, 6.45) is 3.33. The Morgan fingerprint density at radius 1 is 1.15 bits per heavy atom. The SMILES string of the molecule is CCOC(=O)c1ccc(C=C(C)c2ccc3c(c2)C(C)(C)CCN3C)cc1. The van der Waals surface area contributed by atoms with E-state index in [0.717, 1.165) is 18.5 Å². The van der Waals surface area contributed by atoms with Gasteiger partial charge in [-0.2, -0.15) is 0 Å². The van der Waals surface area contributed by atoms with Crippen LogP contribution < -0.4 is 4.90 Å². The molecule has 0 unspecified atom stereocenters. The second-order valence-electron chi connectivity index (χ2n) is 7.96. The first-order valence-electron chi connectivity index (χ1n) is 9.63. The normalized spacial score (nSPS) is 16.0. The van der Waals surface area contributed by atoms with Crippen molar-refractivity contribution in [2.75, 3.05) is 25.1 Å². The van der Waals surface area contributed by atoms with Crippen molar-refractivity contribution in [2.45, 2.75) is 39.5 Å². The maximum Gasteiger partial charge on any atom is 0.338 e. The van der Waals surface area contributed by atoms with Gasteiger partial charge in [-0.05, 0) is 72.2 Å². The zero-order valence-electron chi connectivity index (χ0n) is 17.0. The summed E-state index contributed by atoms with van der Waals surface area (Å²) in [5.41, 5.74) is 7.07. The molecule has 2 aromatic carbocycles. The van der Waals surface area contributed by atoms with Crippen LogP contribution in [-0.4, -0.2) is 26.2 Å².